The summed E-state index contributed by atoms with van der Waals surface area (Å²) in [5.74, 6) is 1.44. The zero-order valence-corrected chi connectivity index (χ0v) is 29.1. The fraction of sp³-hybridized carbons (Fsp3) is 0.476. The Morgan fingerprint density at radius 2 is 0.833 bits per heavy atom. The number of rotatable bonds is 10. The molecule has 0 N–H and O–H groups in total. The summed E-state index contributed by atoms with van der Waals surface area (Å²) in [6.45, 7) is 27.6. The van der Waals surface area contributed by atoms with E-state index in [2.05, 4.69) is 168 Å². The Bertz CT molecular complexity index is 1180. The summed E-state index contributed by atoms with van der Waals surface area (Å²) in [6, 6.07) is 0. The van der Waals surface area contributed by atoms with Crippen molar-refractivity contribution >= 4 is 0 Å². The van der Waals surface area contributed by atoms with Gasteiger partial charge >= 0.3 is 0 Å². The lowest BCUT2D eigenvalue weighted by molar-refractivity contribution is 0.256. The molecule has 2 aliphatic rings. The van der Waals surface area contributed by atoms with Crippen molar-refractivity contribution in [1.29, 1.82) is 0 Å². The zero-order valence-electron chi connectivity index (χ0n) is 29.1. The van der Waals surface area contributed by atoms with Crippen molar-refractivity contribution in [1.82, 2.24) is 0 Å². The predicted octanol–water partition coefficient (Wildman–Crippen LogP) is 13.1. The molecule has 0 aromatic carbocycles. The maximum Gasteiger partial charge on any atom is -0.00784 e. The SMILES string of the molecule is CC1=C(/C=C/C(C)=C/C=C/C(C)=C/C=C/C=C(C)/C=C/C=C(C)/C=C/C2=C(C)CC[C@@H](C)C2(C)C)C(C)(C)[C@H](C)CC1. The Morgan fingerprint density at radius 3 is 1.19 bits per heavy atom. The molecule has 2 aliphatic carbocycles. The molecule has 0 heterocycles. The van der Waals surface area contributed by atoms with Crippen molar-refractivity contribution in [2.75, 3.05) is 0 Å². The van der Waals surface area contributed by atoms with Crippen LogP contribution in [0.4, 0.5) is 0 Å². The van der Waals surface area contributed by atoms with E-state index in [1.54, 1.807) is 11.1 Å². The van der Waals surface area contributed by atoms with Crippen molar-refractivity contribution in [3.63, 3.8) is 0 Å². The first kappa shape index (κ1) is 35.3. The molecule has 0 spiro atoms. The average Bonchev–Trinajstić information content (AvgIpc) is 2.91. The van der Waals surface area contributed by atoms with Crippen LogP contribution in [0.1, 0.15) is 109 Å². The molecular formula is C42H60. The first-order chi connectivity index (χ1) is 19.7. The maximum atomic E-state index is 2.39. The second kappa shape index (κ2) is 16.1. The summed E-state index contributed by atoms with van der Waals surface area (Å²) in [5, 5.41) is 0. The smallest absolute Gasteiger partial charge is 0.00784 e. The molecular weight excluding hydrogens is 504 g/mol. The van der Waals surface area contributed by atoms with E-state index in [9.17, 15) is 0 Å². The molecule has 0 aromatic rings. The van der Waals surface area contributed by atoms with Crippen LogP contribution in [0.25, 0.3) is 0 Å². The lowest BCUT2D eigenvalue weighted by Gasteiger charge is -2.39. The molecule has 2 rings (SSSR count). The molecule has 0 aliphatic heterocycles. The minimum Gasteiger partial charge on any atom is -0.0696 e. The van der Waals surface area contributed by atoms with Gasteiger partial charge in [0.2, 0.25) is 0 Å². The highest BCUT2D eigenvalue weighted by atomic mass is 14.4. The van der Waals surface area contributed by atoms with E-state index in [1.807, 2.05) is 0 Å². The number of hydrogen-bond acceptors (Lipinski definition) is 0. The van der Waals surface area contributed by atoms with Crippen LogP contribution in [-0.4, -0.2) is 0 Å². The summed E-state index contributed by atoms with van der Waals surface area (Å²) in [6.07, 6.45) is 35.8. The van der Waals surface area contributed by atoms with Crippen LogP contribution < -0.4 is 0 Å². The lowest BCUT2D eigenvalue weighted by atomic mass is 9.66. The minimum absolute atomic E-state index is 0.248. The third-order valence-electron chi connectivity index (χ3n) is 9.97. The second-order valence-corrected chi connectivity index (χ2v) is 14.1. The molecule has 0 aromatic heterocycles. The van der Waals surface area contributed by atoms with Crippen LogP contribution >= 0.6 is 0 Å². The monoisotopic (exact) mass is 564 g/mol. The number of hydrogen-bond donors (Lipinski definition) is 0. The molecule has 0 amide bonds. The van der Waals surface area contributed by atoms with Gasteiger partial charge in [0.1, 0.15) is 0 Å². The topological polar surface area (TPSA) is 0 Å². The molecule has 2 atom stereocenters. The highest BCUT2D eigenvalue weighted by Gasteiger charge is 2.34. The van der Waals surface area contributed by atoms with Crippen molar-refractivity contribution < 1.29 is 0 Å². The third kappa shape index (κ3) is 10.4. The van der Waals surface area contributed by atoms with E-state index in [0.29, 0.717) is 0 Å². The van der Waals surface area contributed by atoms with Crippen molar-refractivity contribution in [2.45, 2.75) is 109 Å². The van der Waals surface area contributed by atoms with Gasteiger partial charge < -0.3 is 0 Å². The second-order valence-electron chi connectivity index (χ2n) is 14.1. The van der Waals surface area contributed by atoms with Crippen molar-refractivity contribution in [3.05, 3.63) is 130 Å². The van der Waals surface area contributed by atoms with Gasteiger partial charge in [0.15, 0.2) is 0 Å². The molecule has 0 nitrogen and oxygen atoms in total. The van der Waals surface area contributed by atoms with E-state index >= 15 is 0 Å². The Balaban J connectivity index is 1.91. The van der Waals surface area contributed by atoms with Crippen LogP contribution in [0.3, 0.4) is 0 Å². The van der Waals surface area contributed by atoms with Crippen LogP contribution in [-0.2, 0) is 0 Å². The molecule has 0 heteroatoms. The first-order valence-electron chi connectivity index (χ1n) is 16.1. The summed E-state index contributed by atoms with van der Waals surface area (Å²) in [4.78, 5) is 0. The lowest BCUT2D eigenvalue weighted by Crippen LogP contribution is -2.28. The Hall–Kier alpha value is -2.86. The highest BCUT2D eigenvalue weighted by molar-refractivity contribution is 5.39. The summed E-state index contributed by atoms with van der Waals surface area (Å²) in [5.41, 5.74) is 11.6. The largest absolute Gasteiger partial charge is 0.0696 e. The fourth-order valence-corrected chi connectivity index (χ4v) is 5.97. The summed E-state index contributed by atoms with van der Waals surface area (Å²) < 4.78 is 0. The fourth-order valence-electron chi connectivity index (χ4n) is 5.97. The van der Waals surface area contributed by atoms with Crippen LogP contribution in [0.15, 0.2) is 130 Å². The van der Waals surface area contributed by atoms with E-state index < -0.39 is 0 Å². The van der Waals surface area contributed by atoms with Gasteiger partial charge in [-0.25, -0.2) is 0 Å². The van der Waals surface area contributed by atoms with Gasteiger partial charge in [-0.3, -0.25) is 0 Å². The summed E-state index contributed by atoms with van der Waals surface area (Å²) >= 11 is 0. The highest BCUT2D eigenvalue weighted by Crippen LogP contribution is 2.46. The van der Waals surface area contributed by atoms with Gasteiger partial charge in [0, 0.05) is 0 Å². The van der Waals surface area contributed by atoms with Gasteiger partial charge in [-0.2, -0.15) is 0 Å². The molecule has 228 valence electrons. The van der Waals surface area contributed by atoms with E-state index in [-0.39, 0.29) is 10.8 Å². The van der Waals surface area contributed by atoms with Gasteiger partial charge in [-0.05, 0) is 101 Å². The molecule has 0 radical (unpaired) electrons. The molecule has 0 fully saturated rings. The molecule has 0 unspecified atom stereocenters. The van der Waals surface area contributed by atoms with E-state index in [4.69, 9.17) is 0 Å². The van der Waals surface area contributed by atoms with Crippen LogP contribution in [0.2, 0.25) is 0 Å². The Morgan fingerprint density at radius 1 is 0.524 bits per heavy atom. The van der Waals surface area contributed by atoms with Crippen LogP contribution in [0.5, 0.6) is 0 Å². The van der Waals surface area contributed by atoms with Crippen molar-refractivity contribution in [3.8, 4) is 0 Å². The van der Waals surface area contributed by atoms with Gasteiger partial charge in [-0.15, -0.1) is 0 Å². The van der Waals surface area contributed by atoms with Gasteiger partial charge in [0.25, 0.3) is 0 Å². The quantitative estimate of drug-likeness (QED) is 0.231. The maximum absolute atomic E-state index is 2.39. The Labute approximate surface area is 260 Å². The third-order valence-corrected chi connectivity index (χ3v) is 9.97. The van der Waals surface area contributed by atoms with Gasteiger partial charge in [-0.1, -0.05) is 160 Å². The number of allylic oxidation sites excluding steroid dienone is 22. The van der Waals surface area contributed by atoms with E-state index in [1.165, 1.54) is 59.1 Å². The molecule has 42 heavy (non-hydrogen) atoms. The predicted molar refractivity (Wildman–Crippen MR) is 190 cm³/mol. The molecule has 0 saturated heterocycles. The minimum atomic E-state index is 0.248. The molecule has 0 saturated carbocycles. The zero-order chi connectivity index (χ0) is 31.5. The normalized spacial score (nSPS) is 25.0. The average molecular weight is 565 g/mol. The first-order valence-corrected chi connectivity index (χ1v) is 16.1. The van der Waals surface area contributed by atoms with Crippen LogP contribution in [0, 0.1) is 22.7 Å². The summed E-state index contributed by atoms with van der Waals surface area (Å²) in [7, 11) is 0. The standard InChI is InChI=1S/C42H60/c1-31(19-15-21-33(3)23-29-39-35(5)25-27-37(7)41(39,9)10)17-13-14-18-32(2)20-16-22-34(4)24-30-40-36(6)26-28-38(8)42(40,11)12/h13-24,29-30,37-38H,25-28H2,1-12H3/b14-13+,19-15+,20-16+,29-23+,30-24+,31-17+,32-18+,33-21+,34-22+/t37-,38-/m1/s1. The van der Waals surface area contributed by atoms with Gasteiger partial charge in [0.05, 0.1) is 0 Å². The molecule has 0 bridgehead atoms. The Kier molecular flexibility index (Phi) is 13.6. The van der Waals surface area contributed by atoms with E-state index in [0.717, 1.165) is 11.8 Å². The van der Waals surface area contributed by atoms with Crippen molar-refractivity contribution in [2.24, 2.45) is 22.7 Å².